The van der Waals surface area contributed by atoms with Gasteiger partial charge in [0.2, 0.25) is 53.2 Å². The predicted molar refractivity (Wildman–Crippen MR) is 454 cm³/mol. The van der Waals surface area contributed by atoms with Gasteiger partial charge in [0.05, 0.1) is 131 Å². The molecule has 0 bridgehead atoms. The van der Waals surface area contributed by atoms with Crippen molar-refractivity contribution < 1.29 is 129 Å². The number of hydrogen-bond donors (Lipinski definition) is 11. The van der Waals surface area contributed by atoms with Crippen LogP contribution in [0.3, 0.4) is 0 Å². The Balaban J connectivity index is 1.21. The van der Waals surface area contributed by atoms with Crippen LogP contribution in [-0.2, 0) is 107 Å². The maximum absolute atomic E-state index is 15.4. The van der Waals surface area contributed by atoms with E-state index in [1.165, 1.54) is 11.9 Å². The van der Waals surface area contributed by atoms with Gasteiger partial charge in [0.15, 0.2) is 0 Å². The number of hydrogen-bond acceptors (Lipinski definition) is 24. The zero-order chi connectivity index (χ0) is 92.3. The van der Waals surface area contributed by atoms with E-state index < -0.39 is 149 Å². The maximum Gasteiger partial charge on any atom is 0.407 e. The van der Waals surface area contributed by atoms with Gasteiger partial charge in [-0.3, -0.25) is 47.9 Å². The van der Waals surface area contributed by atoms with Gasteiger partial charge < -0.3 is 125 Å². The summed E-state index contributed by atoms with van der Waals surface area (Å²) in [6.07, 6.45) is 0.979. The molecule has 704 valence electrons. The Morgan fingerprint density at radius 2 is 1.02 bits per heavy atom. The van der Waals surface area contributed by atoms with E-state index in [4.69, 9.17) is 52.1 Å². The number of ether oxygens (including phenoxy) is 11. The molecule has 0 spiro atoms. The first-order chi connectivity index (χ1) is 59.4. The van der Waals surface area contributed by atoms with Crippen molar-refractivity contribution >= 4 is 71.3 Å². The number of carboxylic acids is 1. The lowest BCUT2D eigenvalue weighted by molar-refractivity contribution is -0.146. The Labute approximate surface area is 731 Å². The second kappa shape index (κ2) is 58.6. The summed E-state index contributed by atoms with van der Waals surface area (Å²) in [5.74, 6) is -9.02. The molecular formula is C86H136F2N12O25. The minimum Gasteiger partial charge on any atom is -0.481 e. The number of likely N-dealkylation sites (N-methyl/N-ethyl adjacent to an activating group) is 1. The topological polar surface area (TPSA) is 467 Å². The van der Waals surface area contributed by atoms with Gasteiger partial charge in [-0.05, 0) is 121 Å². The number of alkyl carbamates (subject to hydrolysis) is 2. The number of nitrogens with one attached hydrogen (secondary N) is 9. The fourth-order valence-electron chi connectivity index (χ4n) is 12.9. The van der Waals surface area contributed by atoms with E-state index in [1.807, 2.05) is 55.7 Å². The molecule has 11 amide bonds. The zero-order valence-corrected chi connectivity index (χ0v) is 74.7. The molecule has 0 unspecified atom stereocenters. The fraction of sp³-hybridized carbons (Fsp3) is 0.674. The highest BCUT2D eigenvalue weighted by molar-refractivity contribution is 5.97. The second-order valence-corrected chi connectivity index (χ2v) is 32.9. The minimum absolute atomic E-state index is 0.00943. The predicted octanol–water partition coefficient (Wildman–Crippen LogP) is 4.36. The summed E-state index contributed by atoms with van der Waals surface area (Å²) in [7, 11) is 1.35. The maximum atomic E-state index is 15.4. The molecule has 1 aliphatic heterocycles. The number of carbonyl (C=O) groups is 12. The van der Waals surface area contributed by atoms with E-state index in [2.05, 4.69) is 47.9 Å². The number of carbonyl (C=O) groups excluding carboxylic acids is 11. The molecule has 0 saturated carbocycles. The number of aliphatic hydroxyl groups excluding tert-OH is 1. The molecule has 0 aliphatic carbocycles. The first kappa shape index (κ1) is 108. The van der Waals surface area contributed by atoms with Gasteiger partial charge in [0.1, 0.15) is 59.7 Å². The van der Waals surface area contributed by atoms with Crippen molar-refractivity contribution in [2.24, 2.45) is 11.3 Å². The highest BCUT2D eigenvalue weighted by atomic mass is 19.1. The summed E-state index contributed by atoms with van der Waals surface area (Å²) in [4.78, 5) is 161. The zero-order valence-electron chi connectivity index (χ0n) is 74.7. The molecule has 39 heteroatoms. The SMILES string of the molecule is CNC(=O)[C@H](CCN(C(=O)CO)[C@@H](c1cc(-c2cc(F)ccc2F)cn1Cc1ccccc1)C(C)(C)C)NC(=O)[C@@H](NC(=O)[C@@H]1CCCN1C(=O)[C@H](CC(=O)O)NC(=O)CCOCCOCCOCCNC(=O)[C@H](CCCCNC(=O)CCOCCOCCOCCNC(=O)OC(C)(C)C)NC(=O)CCOCCOCCOCCNC(=O)OC(C)(C)C)C(C)C. The molecule has 2 aromatic carbocycles. The molecule has 1 aromatic heterocycles. The smallest absolute Gasteiger partial charge is 0.407 e. The van der Waals surface area contributed by atoms with E-state index in [9.17, 15) is 72.1 Å². The number of rotatable bonds is 62. The largest absolute Gasteiger partial charge is 0.481 e. The summed E-state index contributed by atoms with van der Waals surface area (Å²) in [6, 6.07) is 6.81. The van der Waals surface area contributed by atoms with Crippen molar-refractivity contribution in [1.29, 1.82) is 0 Å². The molecule has 37 nitrogen and oxygen atoms in total. The van der Waals surface area contributed by atoms with Gasteiger partial charge in [-0.2, -0.15) is 0 Å². The van der Waals surface area contributed by atoms with Gasteiger partial charge in [-0.15, -0.1) is 0 Å². The summed E-state index contributed by atoms with van der Waals surface area (Å²) < 4.78 is 92.1. The highest BCUT2D eigenvalue weighted by Gasteiger charge is 2.42. The van der Waals surface area contributed by atoms with Crippen molar-refractivity contribution in [1.82, 2.24) is 62.2 Å². The third kappa shape index (κ3) is 44.9. The molecule has 6 atom stereocenters. The lowest BCUT2D eigenvalue weighted by Gasteiger charge is -2.41. The first-order valence-corrected chi connectivity index (χ1v) is 42.6. The van der Waals surface area contributed by atoms with E-state index in [0.29, 0.717) is 56.9 Å². The number of likely N-dealkylation sites (tertiary alicyclic amines) is 1. The monoisotopic (exact) mass is 1770 g/mol. The normalized spacial score (nSPS) is 14.1. The van der Waals surface area contributed by atoms with Crippen LogP contribution in [0.1, 0.15) is 158 Å². The molecule has 11 N–H and O–H groups in total. The average Bonchev–Trinajstić information content (AvgIpc) is 1.64. The van der Waals surface area contributed by atoms with E-state index in [-0.39, 0.29) is 188 Å². The number of benzene rings is 2. The van der Waals surface area contributed by atoms with Crippen LogP contribution < -0.4 is 47.9 Å². The molecule has 1 fully saturated rings. The van der Waals surface area contributed by atoms with Crippen molar-refractivity contribution in [2.75, 3.05) is 172 Å². The molecule has 1 aliphatic rings. The van der Waals surface area contributed by atoms with Crippen molar-refractivity contribution in [2.45, 2.75) is 194 Å². The summed E-state index contributed by atoms with van der Waals surface area (Å²) in [5.41, 5.74) is -0.395. The standard InChI is InChI=1S/C86H136F2N12O25/c1-59(2)75(80(111)96-66(77(108)89-12)25-34-100(73(105)58-101)76(84(3,4)5)69-53-61(63-54-62(87)23-24-64(63)88)57-98(69)56-60-19-14-13-15-20-60)97-79(110)68-22-18-33-99(68)81(112)67(55-74(106)107)95-72(104)28-37-117-43-49-122-50-44-118-38-30-91-78(109)65(94-71(103)27-36-116-42-48-123-52-46-120-40-32-93-83(114)125-86(9,10)11)21-16-17-29-90-70(102)26-35-115-41-47-121-51-45-119-39-31-92-82(113)124-85(6,7)8/h13-15,19-20,23-24,53-54,57,59,65-68,75-76,101H,16-18,21-22,25-52,55-56,58H2,1-12H3,(H,89,108)(H,90,102)(H,91,109)(H,92,113)(H,93,114)(H,94,103)(H,95,104)(H,96,111)(H,97,110)(H,106,107)/t65-,66-,67-,68-,75-,76-/m0/s1. The number of nitrogens with zero attached hydrogens (tertiary/aromatic N) is 3. The van der Waals surface area contributed by atoms with Crippen LogP contribution in [0.4, 0.5) is 18.4 Å². The van der Waals surface area contributed by atoms with Crippen LogP contribution in [-0.4, -0.2) is 309 Å². The summed E-state index contributed by atoms with van der Waals surface area (Å²) in [5, 5.41) is 44.4. The van der Waals surface area contributed by atoms with Gasteiger partial charge >= 0.3 is 18.2 Å². The minimum atomic E-state index is -1.60. The molecule has 4 rings (SSSR count). The van der Waals surface area contributed by atoms with Crippen molar-refractivity contribution in [3.8, 4) is 11.1 Å². The Kier molecular flexibility index (Phi) is 50.6. The molecule has 125 heavy (non-hydrogen) atoms. The van der Waals surface area contributed by atoms with Gasteiger partial charge in [-0.1, -0.05) is 65.0 Å². The van der Waals surface area contributed by atoms with Crippen molar-refractivity contribution in [3.05, 3.63) is 83.7 Å². The molecule has 2 heterocycles. The van der Waals surface area contributed by atoms with Crippen LogP contribution in [0.5, 0.6) is 0 Å². The Bertz CT molecular complexity index is 3790. The van der Waals surface area contributed by atoms with Crippen LogP contribution >= 0.6 is 0 Å². The quantitative estimate of drug-likeness (QED) is 0.0350. The number of unbranched alkanes of at least 4 members (excludes halogenated alkanes) is 1. The Morgan fingerprint density at radius 1 is 0.536 bits per heavy atom. The Hall–Kier alpha value is -9.58. The van der Waals surface area contributed by atoms with Crippen LogP contribution in [0.15, 0.2) is 60.8 Å². The van der Waals surface area contributed by atoms with Crippen molar-refractivity contribution in [3.63, 3.8) is 0 Å². The number of amides is 11. The van der Waals surface area contributed by atoms with Gasteiger partial charge in [0, 0.05) is 95.1 Å². The first-order valence-electron chi connectivity index (χ1n) is 42.6. The highest BCUT2D eigenvalue weighted by Crippen LogP contribution is 2.41. The van der Waals surface area contributed by atoms with E-state index in [1.54, 1.807) is 67.7 Å². The summed E-state index contributed by atoms with van der Waals surface area (Å²) in [6.45, 7) is 22.8. The fourth-order valence-corrected chi connectivity index (χ4v) is 12.9. The number of carboxylic acid groups (broad SMARTS) is 1. The van der Waals surface area contributed by atoms with E-state index in [0.717, 1.165) is 28.7 Å². The lowest BCUT2D eigenvalue weighted by atomic mass is 9.82. The summed E-state index contributed by atoms with van der Waals surface area (Å²) >= 11 is 0. The van der Waals surface area contributed by atoms with E-state index >= 15 is 4.39 Å². The molecule has 1 saturated heterocycles. The molecule has 0 radical (unpaired) electrons. The third-order valence-corrected chi connectivity index (χ3v) is 18.8. The Morgan fingerprint density at radius 3 is 1.51 bits per heavy atom. The van der Waals surface area contributed by atoms with Crippen LogP contribution in [0.25, 0.3) is 11.1 Å². The molecular weight excluding hydrogens is 1640 g/mol. The van der Waals surface area contributed by atoms with Crippen LogP contribution in [0.2, 0.25) is 0 Å². The number of aromatic nitrogens is 1. The van der Waals surface area contributed by atoms with Gasteiger partial charge in [-0.25, -0.2) is 18.4 Å². The lowest BCUT2D eigenvalue weighted by Crippen LogP contribution is -2.59. The second-order valence-electron chi connectivity index (χ2n) is 32.9. The number of halogens is 2. The number of aliphatic hydroxyl groups is 1. The van der Waals surface area contributed by atoms with Gasteiger partial charge in [0.25, 0.3) is 0 Å². The molecule has 3 aromatic rings. The number of aliphatic carboxylic acids is 1. The third-order valence-electron chi connectivity index (χ3n) is 18.8. The van der Waals surface area contributed by atoms with Crippen LogP contribution in [0, 0.1) is 23.0 Å². The average molecular weight is 1780 g/mol.